The molecule has 200 valence electrons. The maximum absolute atomic E-state index is 13.0. The van der Waals surface area contributed by atoms with Crippen molar-refractivity contribution in [3.8, 4) is 0 Å². The highest BCUT2D eigenvalue weighted by Gasteiger charge is 2.31. The number of carboxylic acid groups (broad SMARTS) is 1. The lowest BCUT2D eigenvalue weighted by Gasteiger charge is -2.25. The molecule has 4 atom stereocenters. The van der Waals surface area contributed by atoms with Gasteiger partial charge in [-0.2, -0.15) is 11.8 Å². The third kappa shape index (κ3) is 11.5. The Morgan fingerprint density at radius 2 is 1.47 bits per heavy atom. The normalized spacial score (nSPS) is 14.2. The van der Waals surface area contributed by atoms with Gasteiger partial charge in [-0.05, 0) is 42.8 Å². The van der Waals surface area contributed by atoms with Gasteiger partial charge in [0, 0.05) is 0 Å². The van der Waals surface area contributed by atoms with Crippen LogP contribution in [0.25, 0.3) is 0 Å². The van der Waals surface area contributed by atoms with E-state index >= 15 is 0 Å². The molecule has 36 heavy (non-hydrogen) atoms. The predicted octanol–water partition coefficient (Wildman–Crippen LogP) is -0.230. The summed E-state index contributed by atoms with van der Waals surface area (Å²) >= 11 is 1.46. The first-order chi connectivity index (χ1) is 16.9. The van der Waals surface area contributed by atoms with Gasteiger partial charge < -0.3 is 32.5 Å². The molecule has 0 aromatic heterocycles. The molecule has 8 N–H and O–H groups in total. The van der Waals surface area contributed by atoms with Crippen LogP contribution in [0.15, 0.2) is 30.3 Å². The highest BCUT2D eigenvalue weighted by molar-refractivity contribution is 7.98. The molecule has 0 heterocycles. The second-order valence-corrected chi connectivity index (χ2v) is 9.89. The number of primary amides is 1. The first-order valence-electron chi connectivity index (χ1n) is 11.6. The Bertz CT molecular complexity index is 898. The summed E-state index contributed by atoms with van der Waals surface area (Å²) in [5.74, 6) is -3.71. The Kier molecular flexibility index (Phi) is 13.6. The second-order valence-electron chi connectivity index (χ2n) is 8.90. The van der Waals surface area contributed by atoms with Crippen molar-refractivity contribution >= 4 is 41.4 Å². The lowest BCUT2D eigenvalue weighted by molar-refractivity contribution is -0.143. The van der Waals surface area contributed by atoms with Crippen LogP contribution in [0.5, 0.6) is 0 Å². The lowest BCUT2D eigenvalue weighted by atomic mass is 10.0. The van der Waals surface area contributed by atoms with Gasteiger partial charge >= 0.3 is 5.97 Å². The molecule has 11 nitrogen and oxygen atoms in total. The standard InChI is InChI=1S/C24H37N5O6S/c1-14(2)11-19(24(34)35)29-23(33)18(13-20(26)30)28-22(32)17(9-10-36-3)27-21(31)16(25)12-15-7-5-4-6-8-15/h4-8,14,16-19H,9-13,25H2,1-3H3,(H2,26,30)(H,27,31)(H,28,32)(H,29,33)(H,34,35). The number of hydrogen-bond acceptors (Lipinski definition) is 7. The van der Waals surface area contributed by atoms with Crippen molar-refractivity contribution in [3.63, 3.8) is 0 Å². The second kappa shape index (κ2) is 15.8. The molecule has 4 amide bonds. The van der Waals surface area contributed by atoms with Crippen LogP contribution in [0.3, 0.4) is 0 Å². The first-order valence-corrected chi connectivity index (χ1v) is 13.0. The smallest absolute Gasteiger partial charge is 0.326 e. The van der Waals surface area contributed by atoms with Gasteiger partial charge in [-0.15, -0.1) is 0 Å². The Balaban J connectivity index is 2.94. The van der Waals surface area contributed by atoms with Crippen LogP contribution >= 0.6 is 11.8 Å². The van der Waals surface area contributed by atoms with Gasteiger partial charge in [0.25, 0.3) is 0 Å². The molecule has 1 rings (SSSR count). The molecule has 0 fully saturated rings. The van der Waals surface area contributed by atoms with Crippen LogP contribution < -0.4 is 27.4 Å². The fraction of sp³-hybridized carbons (Fsp3) is 0.542. The SMILES string of the molecule is CSCCC(NC(=O)C(N)Cc1ccccc1)C(=O)NC(CC(N)=O)C(=O)NC(CC(C)C)C(=O)O. The fourth-order valence-corrected chi connectivity index (χ4v) is 3.86. The first kappa shape index (κ1) is 30.9. The van der Waals surface area contributed by atoms with E-state index in [0.29, 0.717) is 5.75 Å². The van der Waals surface area contributed by atoms with Crippen molar-refractivity contribution in [3.05, 3.63) is 35.9 Å². The Labute approximate surface area is 215 Å². The molecule has 0 bridgehead atoms. The quantitative estimate of drug-likeness (QED) is 0.171. The molecular weight excluding hydrogens is 486 g/mol. The number of hydrogen-bond donors (Lipinski definition) is 6. The average molecular weight is 524 g/mol. The molecule has 0 saturated heterocycles. The van der Waals surface area contributed by atoms with E-state index in [9.17, 15) is 29.1 Å². The molecule has 0 saturated carbocycles. The van der Waals surface area contributed by atoms with E-state index in [1.54, 1.807) is 13.8 Å². The number of amides is 4. The number of aliphatic carboxylic acids is 1. The summed E-state index contributed by atoms with van der Waals surface area (Å²) in [5.41, 5.74) is 12.1. The summed E-state index contributed by atoms with van der Waals surface area (Å²) in [5, 5.41) is 16.8. The molecule has 1 aromatic carbocycles. The van der Waals surface area contributed by atoms with E-state index in [1.807, 2.05) is 36.6 Å². The van der Waals surface area contributed by atoms with Crippen LogP contribution in [0.4, 0.5) is 0 Å². The molecule has 0 spiro atoms. The van der Waals surface area contributed by atoms with Gasteiger partial charge in [-0.25, -0.2) is 4.79 Å². The number of nitrogens with two attached hydrogens (primary N) is 2. The van der Waals surface area contributed by atoms with Gasteiger partial charge in [-0.1, -0.05) is 44.2 Å². The zero-order chi connectivity index (χ0) is 27.3. The third-order valence-corrected chi connectivity index (χ3v) is 5.88. The summed E-state index contributed by atoms with van der Waals surface area (Å²) < 4.78 is 0. The number of nitrogens with one attached hydrogen (secondary N) is 3. The highest BCUT2D eigenvalue weighted by Crippen LogP contribution is 2.08. The highest BCUT2D eigenvalue weighted by atomic mass is 32.2. The minimum Gasteiger partial charge on any atom is -0.480 e. The van der Waals surface area contributed by atoms with Gasteiger partial charge in [-0.3, -0.25) is 19.2 Å². The number of carboxylic acids is 1. The van der Waals surface area contributed by atoms with Gasteiger partial charge in [0.1, 0.15) is 18.1 Å². The van der Waals surface area contributed by atoms with E-state index in [-0.39, 0.29) is 25.2 Å². The monoisotopic (exact) mass is 523 g/mol. The summed E-state index contributed by atoms with van der Waals surface area (Å²) in [6.07, 6.45) is 1.96. The van der Waals surface area contributed by atoms with Crippen molar-refractivity contribution in [1.82, 2.24) is 16.0 Å². The Morgan fingerprint density at radius 3 is 2.00 bits per heavy atom. The van der Waals surface area contributed by atoms with Crippen LogP contribution in [-0.4, -0.2) is 70.9 Å². The van der Waals surface area contributed by atoms with Gasteiger partial charge in [0.15, 0.2) is 0 Å². The third-order valence-electron chi connectivity index (χ3n) is 5.24. The van der Waals surface area contributed by atoms with Crippen molar-refractivity contribution in [2.45, 2.75) is 63.7 Å². The van der Waals surface area contributed by atoms with E-state index < -0.39 is 60.2 Å². The summed E-state index contributed by atoms with van der Waals surface area (Å²) in [6, 6.07) is 4.63. The van der Waals surface area contributed by atoms with E-state index in [2.05, 4.69) is 16.0 Å². The van der Waals surface area contributed by atoms with Gasteiger partial charge in [0.2, 0.25) is 23.6 Å². The van der Waals surface area contributed by atoms with E-state index in [4.69, 9.17) is 11.5 Å². The number of rotatable bonds is 16. The summed E-state index contributed by atoms with van der Waals surface area (Å²) in [6.45, 7) is 3.60. The van der Waals surface area contributed by atoms with E-state index in [1.165, 1.54) is 11.8 Å². The van der Waals surface area contributed by atoms with Crippen LogP contribution in [0.2, 0.25) is 0 Å². The maximum Gasteiger partial charge on any atom is 0.326 e. The van der Waals surface area contributed by atoms with Crippen molar-refractivity contribution in [2.24, 2.45) is 17.4 Å². The van der Waals surface area contributed by atoms with Crippen LogP contribution in [-0.2, 0) is 30.4 Å². The zero-order valence-electron chi connectivity index (χ0n) is 20.9. The number of carbonyl (C=O) groups is 5. The van der Waals surface area contributed by atoms with Crippen molar-refractivity contribution < 1.29 is 29.1 Å². The minimum absolute atomic E-state index is 0.0261. The molecule has 0 radical (unpaired) electrons. The predicted molar refractivity (Wildman–Crippen MR) is 138 cm³/mol. The lowest BCUT2D eigenvalue weighted by Crippen LogP contribution is -2.58. The van der Waals surface area contributed by atoms with Crippen molar-refractivity contribution in [2.75, 3.05) is 12.0 Å². The minimum atomic E-state index is -1.41. The molecule has 0 aliphatic carbocycles. The fourth-order valence-electron chi connectivity index (χ4n) is 3.39. The van der Waals surface area contributed by atoms with Gasteiger partial charge in [0.05, 0.1) is 12.5 Å². The number of carbonyl (C=O) groups excluding carboxylic acids is 4. The number of benzene rings is 1. The Hall–Kier alpha value is -3.12. The molecule has 0 aliphatic rings. The van der Waals surface area contributed by atoms with Crippen LogP contribution in [0.1, 0.15) is 38.7 Å². The molecule has 0 aliphatic heterocycles. The van der Waals surface area contributed by atoms with E-state index in [0.717, 1.165) is 5.56 Å². The zero-order valence-corrected chi connectivity index (χ0v) is 21.7. The summed E-state index contributed by atoms with van der Waals surface area (Å²) in [4.78, 5) is 61.6. The Morgan fingerprint density at radius 1 is 0.917 bits per heavy atom. The molecule has 12 heteroatoms. The number of thioether (sulfide) groups is 1. The topological polar surface area (TPSA) is 194 Å². The molecule has 1 aromatic rings. The van der Waals surface area contributed by atoms with Crippen molar-refractivity contribution in [1.29, 1.82) is 0 Å². The summed E-state index contributed by atoms with van der Waals surface area (Å²) in [7, 11) is 0. The largest absolute Gasteiger partial charge is 0.480 e. The molecule has 4 unspecified atom stereocenters. The average Bonchev–Trinajstić information content (AvgIpc) is 2.80. The van der Waals surface area contributed by atoms with Crippen LogP contribution in [0, 0.1) is 5.92 Å². The maximum atomic E-state index is 13.0. The molecular formula is C24H37N5O6S.